The van der Waals surface area contributed by atoms with Crippen molar-refractivity contribution in [3.63, 3.8) is 0 Å². The summed E-state index contributed by atoms with van der Waals surface area (Å²) in [6, 6.07) is 15.7. The number of rotatable bonds is 8. The van der Waals surface area contributed by atoms with Gasteiger partial charge in [0, 0.05) is 23.9 Å². The van der Waals surface area contributed by atoms with Crippen molar-refractivity contribution in [2.45, 2.75) is 13.3 Å². The van der Waals surface area contributed by atoms with Gasteiger partial charge in [0.1, 0.15) is 22.8 Å². The first-order chi connectivity index (χ1) is 15.4. The first kappa shape index (κ1) is 22.3. The first-order valence-corrected chi connectivity index (χ1v) is 9.68. The summed E-state index contributed by atoms with van der Waals surface area (Å²) in [7, 11) is 0. The van der Waals surface area contributed by atoms with E-state index in [-0.39, 0.29) is 28.5 Å². The maximum absolute atomic E-state index is 12.6. The molecular formula is C23H20N2O7. The van der Waals surface area contributed by atoms with Crippen LogP contribution >= 0.6 is 0 Å². The molecule has 9 heteroatoms. The molecule has 3 aromatic rings. The molecule has 0 aromatic heterocycles. The van der Waals surface area contributed by atoms with Crippen molar-refractivity contribution < 1.29 is 28.7 Å². The Morgan fingerprint density at radius 2 is 1.53 bits per heavy atom. The maximum atomic E-state index is 12.6. The molecule has 0 aliphatic carbocycles. The number of esters is 2. The number of carbonyl (C=O) groups excluding carboxylic acids is 2. The molecule has 0 atom stereocenters. The van der Waals surface area contributed by atoms with E-state index in [9.17, 15) is 19.7 Å². The second-order valence-corrected chi connectivity index (χ2v) is 6.66. The van der Waals surface area contributed by atoms with Crippen LogP contribution in [0.4, 0.5) is 11.4 Å². The van der Waals surface area contributed by atoms with E-state index in [2.05, 4.69) is 0 Å². The minimum Gasteiger partial charge on any atom is -0.493 e. The van der Waals surface area contributed by atoms with Crippen LogP contribution in [-0.4, -0.2) is 23.5 Å². The first-order valence-electron chi connectivity index (χ1n) is 9.68. The lowest BCUT2D eigenvalue weighted by Crippen LogP contribution is -2.13. The molecule has 0 bridgehead atoms. The van der Waals surface area contributed by atoms with Gasteiger partial charge in [-0.15, -0.1) is 0 Å². The smallest absolute Gasteiger partial charge is 0.347 e. The van der Waals surface area contributed by atoms with Crippen LogP contribution in [0.1, 0.15) is 34.1 Å². The molecule has 0 heterocycles. The summed E-state index contributed by atoms with van der Waals surface area (Å²) in [6.07, 6.45) is 0.687. The van der Waals surface area contributed by atoms with Crippen LogP contribution in [0.3, 0.4) is 0 Å². The van der Waals surface area contributed by atoms with Gasteiger partial charge in [0.15, 0.2) is 0 Å². The van der Waals surface area contributed by atoms with E-state index in [0.717, 1.165) is 0 Å². The number of nitrogens with zero attached hydrogens (tertiary/aromatic N) is 1. The Balaban J connectivity index is 1.79. The van der Waals surface area contributed by atoms with Crippen LogP contribution in [0.5, 0.6) is 17.2 Å². The molecule has 0 amide bonds. The zero-order chi connectivity index (χ0) is 23.1. The molecule has 0 unspecified atom stereocenters. The number of ether oxygens (including phenoxy) is 3. The predicted molar refractivity (Wildman–Crippen MR) is 116 cm³/mol. The van der Waals surface area contributed by atoms with Gasteiger partial charge in [-0.05, 0) is 55.0 Å². The fourth-order valence-corrected chi connectivity index (χ4v) is 2.65. The Labute approximate surface area is 183 Å². The Morgan fingerprint density at radius 1 is 0.906 bits per heavy atom. The van der Waals surface area contributed by atoms with E-state index in [1.165, 1.54) is 42.5 Å². The van der Waals surface area contributed by atoms with Crippen molar-refractivity contribution in [1.82, 2.24) is 0 Å². The molecule has 164 valence electrons. The molecule has 3 rings (SSSR count). The number of nitrogens with two attached hydrogens (primary N) is 1. The van der Waals surface area contributed by atoms with Gasteiger partial charge in [-0.3, -0.25) is 10.1 Å². The van der Waals surface area contributed by atoms with Gasteiger partial charge in [-0.2, -0.15) is 0 Å². The van der Waals surface area contributed by atoms with E-state index < -0.39 is 16.9 Å². The average molecular weight is 436 g/mol. The van der Waals surface area contributed by atoms with Gasteiger partial charge in [-0.1, -0.05) is 6.92 Å². The standard InChI is InChI=1S/C23H20N2O7/c1-2-13-30-21-14-19(32-22(26)15-3-5-16(24)6-4-15)11-12-20(21)23(27)31-18-9-7-17(8-10-18)25(28)29/h3-12,14H,2,13,24H2,1H3. The topological polar surface area (TPSA) is 131 Å². The molecule has 9 nitrogen and oxygen atoms in total. The number of hydrogen-bond donors (Lipinski definition) is 1. The van der Waals surface area contributed by atoms with Gasteiger partial charge in [-0.25, -0.2) is 9.59 Å². The number of nitro groups is 1. The second kappa shape index (κ2) is 10.1. The van der Waals surface area contributed by atoms with Crippen molar-refractivity contribution in [1.29, 1.82) is 0 Å². The fraction of sp³-hybridized carbons (Fsp3) is 0.130. The zero-order valence-electron chi connectivity index (χ0n) is 17.1. The van der Waals surface area contributed by atoms with Gasteiger partial charge in [0.2, 0.25) is 0 Å². The van der Waals surface area contributed by atoms with Crippen molar-refractivity contribution in [3.8, 4) is 17.2 Å². The molecule has 0 saturated carbocycles. The van der Waals surface area contributed by atoms with Crippen molar-refractivity contribution in [2.24, 2.45) is 0 Å². The van der Waals surface area contributed by atoms with E-state index in [0.29, 0.717) is 24.3 Å². The molecular weight excluding hydrogens is 416 g/mol. The average Bonchev–Trinajstić information content (AvgIpc) is 2.78. The third kappa shape index (κ3) is 5.60. The molecule has 0 spiro atoms. The van der Waals surface area contributed by atoms with Crippen LogP contribution in [0.25, 0.3) is 0 Å². The summed E-state index contributed by atoms with van der Waals surface area (Å²) in [6.45, 7) is 2.23. The summed E-state index contributed by atoms with van der Waals surface area (Å²) in [5.41, 5.74) is 6.46. The summed E-state index contributed by atoms with van der Waals surface area (Å²) in [4.78, 5) is 35.2. The number of hydrogen-bond acceptors (Lipinski definition) is 8. The van der Waals surface area contributed by atoms with Crippen LogP contribution < -0.4 is 19.9 Å². The SMILES string of the molecule is CCCOc1cc(OC(=O)c2ccc(N)cc2)ccc1C(=O)Oc1ccc([N+](=O)[O-])cc1. The summed E-state index contributed by atoms with van der Waals surface area (Å²) < 4.78 is 16.3. The normalized spacial score (nSPS) is 10.3. The molecule has 0 aliphatic heterocycles. The maximum Gasteiger partial charge on any atom is 0.347 e. The van der Waals surface area contributed by atoms with Crippen LogP contribution in [0.2, 0.25) is 0 Å². The van der Waals surface area contributed by atoms with Crippen LogP contribution in [0, 0.1) is 10.1 Å². The molecule has 3 aromatic carbocycles. The minimum absolute atomic E-state index is 0.115. The quantitative estimate of drug-likeness (QED) is 0.181. The molecule has 0 saturated heterocycles. The zero-order valence-corrected chi connectivity index (χ0v) is 17.1. The van der Waals surface area contributed by atoms with Crippen molar-refractivity contribution >= 4 is 23.3 Å². The number of anilines is 1. The van der Waals surface area contributed by atoms with E-state index in [4.69, 9.17) is 19.9 Å². The molecule has 0 radical (unpaired) electrons. The summed E-state index contributed by atoms with van der Waals surface area (Å²) in [5.74, 6) is -0.805. The van der Waals surface area contributed by atoms with E-state index in [1.807, 2.05) is 6.92 Å². The molecule has 32 heavy (non-hydrogen) atoms. The highest BCUT2D eigenvalue weighted by molar-refractivity contribution is 5.95. The van der Waals surface area contributed by atoms with Crippen LogP contribution in [-0.2, 0) is 0 Å². The Morgan fingerprint density at radius 3 is 2.16 bits per heavy atom. The van der Waals surface area contributed by atoms with Crippen molar-refractivity contribution in [3.05, 3.63) is 88.0 Å². The highest BCUT2D eigenvalue weighted by Crippen LogP contribution is 2.28. The fourth-order valence-electron chi connectivity index (χ4n) is 2.65. The van der Waals surface area contributed by atoms with Crippen LogP contribution in [0.15, 0.2) is 66.7 Å². The lowest BCUT2D eigenvalue weighted by Gasteiger charge is -2.13. The van der Waals surface area contributed by atoms with Gasteiger partial charge >= 0.3 is 11.9 Å². The lowest BCUT2D eigenvalue weighted by atomic mass is 10.2. The predicted octanol–water partition coefficient (Wildman–Crippen LogP) is 4.40. The van der Waals surface area contributed by atoms with Crippen molar-refractivity contribution in [2.75, 3.05) is 12.3 Å². The second-order valence-electron chi connectivity index (χ2n) is 6.66. The Bertz CT molecular complexity index is 1130. The number of non-ortho nitro benzene ring substituents is 1. The minimum atomic E-state index is -0.721. The summed E-state index contributed by atoms with van der Waals surface area (Å²) >= 11 is 0. The van der Waals surface area contributed by atoms with E-state index >= 15 is 0 Å². The number of nitro benzene ring substituents is 1. The number of benzene rings is 3. The van der Waals surface area contributed by atoms with Gasteiger partial charge in [0.25, 0.3) is 5.69 Å². The Hall–Kier alpha value is -4.40. The Kier molecular flexibility index (Phi) is 7.02. The molecule has 0 fully saturated rings. The third-order valence-corrected chi connectivity index (χ3v) is 4.25. The van der Waals surface area contributed by atoms with E-state index in [1.54, 1.807) is 24.3 Å². The van der Waals surface area contributed by atoms with Gasteiger partial charge < -0.3 is 19.9 Å². The highest BCUT2D eigenvalue weighted by atomic mass is 16.6. The lowest BCUT2D eigenvalue weighted by molar-refractivity contribution is -0.384. The molecule has 2 N–H and O–H groups in total. The summed E-state index contributed by atoms with van der Waals surface area (Å²) in [5, 5.41) is 10.8. The largest absolute Gasteiger partial charge is 0.493 e. The number of nitrogen functional groups attached to an aromatic ring is 1. The number of carbonyl (C=O) groups is 2. The third-order valence-electron chi connectivity index (χ3n) is 4.25. The molecule has 0 aliphatic rings. The van der Waals surface area contributed by atoms with Gasteiger partial charge in [0.05, 0.1) is 17.1 Å². The monoisotopic (exact) mass is 436 g/mol. The highest BCUT2D eigenvalue weighted by Gasteiger charge is 2.18.